The minimum atomic E-state index is 0.0985. The van der Waals surface area contributed by atoms with Gasteiger partial charge >= 0.3 is 0 Å². The van der Waals surface area contributed by atoms with Crippen LogP contribution in [0.25, 0.3) is 11.1 Å². The fourth-order valence-electron chi connectivity index (χ4n) is 3.01. The van der Waals surface area contributed by atoms with Gasteiger partial charge in [-0.2, -0.15) is 0 Å². The van der Waals surface area contributed by atoms with Gasteiger partial charge in [0.1, 0.15) is 0 Å². The highest BCUT2D eigenvalue weighted by Gasteiger charge is 2.28. The van der Waals surface area contributed by atoms with Crippen molar-refractivity contribution in [1.82, 2.24) is 0 Å². The molecule has 0 saturated carbocycles. The minimum absolute atomic E-state index is 0.0985. The molecule has 2 rings (SSSR count). The van der Waals surface area contributed by atoms with Crippen molar-refractivity contribution in [2.45, 2.75) is 46.5 Å². The van der Waals surface area contributed by atoms with Crippen molar-refractivity contribution in [2.24, 2.45) is 5.92 Å². The van der Waals surface area contributed by atoms with E-state index in [0.717, 1.165) is 12.0 Å². The molecule has 0 aromatic heterocycles. The third kappa shape index (κ3) is 2.73. The summed E-state index contributed by atoms with van der Waals surface area (Å²) in [5.41, 5.74) is 6.85. The lowest BCUT2D eigenvalue weighted by Gasteiger charge is -2.33. The van der Waals surface area contributed by atoms with Gasteiger partial charge < -0.3 is 5.11 Å². The Hall–Kier alpha value is -1.34. The van der Waals surface area contributed by atoms with Gasteiger partial charge in [0.25, 0.3) is 0 Å². The summed E-state index contributed by atoms with van der Waals surface area (Å²) >= 11 is 0. The molecule has 0 bridgehead atoms. The van der Waals surface area contributed by atoms with Crippen LogP contribution < -0.4 is 0 Å². The van der Waals surface area contributed by atoms with Crippen LogP contribution in [-0.4, -0.2) is 11.7 Å². The van der Waals surface area contributed by atoms with Gasteiger partial charge in [-0.15, -0.1) is 0 Å². The van der Waals surface area contributed by atoms with Crippen LogP contribution in [-0.2, 0) is 5.41 Å². The van der Waals surface area contributed by atoms with Gasteiger partial charge in [-0.05, 0) is 58.6 Å². The van der Waals surface area contributed by atoms with E-state index in [4.69, 9.17) is 5.11 Å². The van der Waals surface area contributed by atoms with Gasteiger partial charge in [-0.25, -0.2) is 0 Å². The van der Waals surface area contributed by atoms with Gasteiger partial charge in [0.05, 0.1) is 6.61 Å². The maximum Gasteiger partial charge on any atom is 0.0618 e. The Balaban J connectivity index is 2.58. The fourth-order valence-corrected chi connectivity index (χ4v) is 3.01. The molecule has 20 heavy (non-hydrogen) atoms. The summed E-state index contributed by atoms with van der Waals surface area (Å²) in [7, 11) is 0. The van der Waals surface area contributed by atoms with Gasteiger partial charge in [-0.1, -0.05) is 52.0 Å². The SMILES string of the molecule is C/C(=C/CO)c1ccc2c(c1)C(C(C)C)=CCC2(C)C. The minimum Gasteiger partial charge on any atom is -0.392 e. The Kier molecular flexibility index (Phi) is 4.19. The van der Waals surface area contributed by atoms with Crippen LogP contribution in [0, 0.1) is 5.92 Å². The molecule has 1 aromatic carbocycles. The molecule has 1 aliphatic carbocycles. The van der Waals surface area contributed by atoms with E-state index >= 15 is 0 Å². The van der Waals surface area contributed by atoms with E-state index in [1.807, 2.05) is 6.08 Å². The molecule has 1 aliphatic rings. The van der Waals surface area contributed by atoms with Crippen LogP contribution >= 0.6 is 0 Å². The molecule has 0 aliphatic heterocycles. The van der Waals surface area contributed by atoms with Crippen molar-refractivity contribution in [1.29, 1.82) is 0 Å². The van der Waals surface area contributed by atoms with E-state index < -0.39 is 0 Å². The van der Waals surface area contributed by atoms with E-state index in [1.165, 1.54) is 22.3 Å². The standard InChI is InChI=1S/C19H26O/c1-13(2)16-8-10-19(4,5)18-7-6-15(12-17(16)18)14(3)9-11-20/h6-9,12-13,20H,10-11H2,1-5H3/b14-9-. The van der Waals surface area contributed by atoms with E-state index in [2.05, 4.69) is 58.9 Å². The van der Waals surface area contributed by atoms with Crippen molar-refractivity contribution in [3.05, 3.63) is 47.0 Å². The molecule has 0 radical (unpaired) electrons. The lowest BCUT2D eigenvalue weighted by Crippen LogP contribution is -2.22. The maximum absolute atomic E-state index is 9.07. The topological polar surface area (TPSA) is 20.2 Å². The number of benzene rings is 1. The van der Waals surface area contributed by atoms with Crippen molar-refractivity contribution in [3.8, 4) is 0 Å². The number of aliphatic hydroxyl groups excluding tert-OH is 1. The Morgan fingerprint density at radius 3 is 2.65 bits per heavy atom. The average Bonchev–Trinajstić information content (AvgIpc) is 2.38. The lowest BCUT2D eigenvalue weighted by atomic mass is 9.71. The number of fused-ring (bicyclic) bond motifs is 1. The van der Waals surface area contributed by atoms with Crippen molar-refractivity contribution >= 4 is 11.1 Å². The molecule has 0 amide bonds. The highest BCUT2D eigenvalue weighted by Crippen LogP contribution is 2.42. The largest absolute Gasteiger partial charge is 0.392 e. The average molecular weight is 270 g/mol. The van der Waals surface area contributed by atoms with Crippen molar-refractivity contribution < 1.29 is 5.11 Å². The van der Waals surface area contributed by atoms with E-state index in [9.17, 15) is 0 Å². The van der Waals surface area contributed by atoms with Crippen LogP contribution in [0.4, 0.5) is 0 Å². The first kappa shape index (κ1) is 15.1. The molecule has 0 spiro atoms. The smallest absolute Gasteiger partial charge is 0.0618 e. The molecule has 1 N–H and O–H groups in total. The quantitative estimate of drug-likeness (QED) is 0.836. The predicted octanol–water partition coefficient (Wildman–Crippen LogP) is 4.80. The number of rotatable bonds is 3. The molecule has 1 nitrogen and oxygen atoms in total. The molecule has 1 aromatic rings. The highest BCUT2D eigenvalue weighted by molar-refractivity contribution is 5.77. The highest BCUT2D eigenvalue weighted by atomic mass is 16.2. The molecule has 108 valence electrons. The van der Waals surface area contributed by atoms with Gasteiger partial charge in [-0.3, -0.25) is 0 Å². The molecule has 0 saturated heterocycles. The predicted molar refractivity (Wildman–Crippen MR) is 87.6 cm³/mol. The zero-order chi connectivity index (χ0) is 14.9. The summed E-state index contributed by atoms with van der Waals surface area (Å²) in [5.74, 6) is 0.544. The van der Waals surface area contributed by atoms with Crippen molar-refractivity contribution in [2.75, 3.05) is 6.61 Å². The Morgan fingerprint density at radius 1 is 1.35 bits per heavy atom. The molecule has 1 heteroatoms. The molecule has 0 heterocycles. The summed E-state index contributed by atoms with van der Waals surface area (Å²) in [6.07, 6.45) is 5.38. The first-order valence-corrected chi connectivity index (χ1v) is 7.50. The van der Waals surface area contributed by atoms with Crippen LogP contribution in [0.15, 0.2) is 30.4 Å². The summed E-state index contributed by atoms with van der Waals surface area (Å²) in [5, 5.41) is 9.07. The van der Waals surface area contributed by atoms with E-state index in [1.54, 1.807) is 0 Å². The summed E-state index contributed by atoms with van der Waals surface area (Å²) in [6, 6.07) is 6.75. The molecule has 0 unspecified atom stereocenters. The summed E-state index contributed by atoms with van der Waals surface area (Å²) in [6.45, 7) is 11.3. The zero-order valence-corrected chi connectivity index (χ0v) is 13.3. The molecule has 0 fully saturated rings. The summed E-state index contributed by atoms with van der Waals surface area (Å²) in [4.78, 5) is 0. The Labute approximate surface area is 123 Å². The Bertz CT molecular complexity index is 559. The van der Waals surface area contributed by atoms with Crippen LogP contribution in [0.1, 0.15) is 57.7 Å². The van der Waals surface area contributed by atoms with Crippen LogP contribution in [0.3, 0.4) is 0 Å². The number of aliphatic hydroxyl groups is 1. The van der Waals surface area contributed by atoms with E-state index in [-0.39, 0.29) is 12.0 Å². The van der Waals surface area contributed by atoms with Gasteiger partial charge in [0.15, 0.2) is 0 Å². The Morgan fingerprint density at radius 2 is 2.05 bits per heavy atom. The van der Waals surface area contributed by atoms with Crippen LogP contribution in [0.2, 0.25) is 0 Å². The number of hydrogen-bond donors (Lipinski definition) is 1. The molecule has 0 atom stereocenters. The first-order valence-electron chi connectivity index (χ1n) is 7.50. The van der Waals surface area contributed by atoms with Gasteiger partial charge in [0.2, 0.25) is 0 Å². The number of allylic oxidation sites excluding steroid dienone is 3. The maximum atomic E-state index is 9.07. The second kappa shape index (κ2) is 5.57. The van der Waals surface area contributed by atoms with E-state index in [0.29, 0.717) is 5.92 Å². The summed E-state index contributed by atoms with van der Waals surface area (Å²) < 4.78 is 0. The number of hydrogen-bond acceptors (Lipinski definition) is 1. The molecular weight excluding hydrogens is 244 g/mol. The van der Waals surface area contributed by atoms with Crippen LogP contribution in [0.5, 0.6) is 0 Å². The second-order valence-electron chi connectivity index (χ2n) is 6.73. The van der Waals surface area contributed by atoms with Gasteiger partial charge in [0, 0.05) is 0 Å². The monoisotopic (exact) mass is 270 g/mol. The second-order valence-corrected chi connectivity index (χ2v) is 6.73. The molecular formula is C19H26O. The third-order valence-corrected chi connectivity index (χ3v) is 4.37. The zero-order valence-electron chi connectivity index (χ0n) is 13.3. The van der Waals surface area contributed by atoms with Crippen molar-refractivity contribution in [3.63, 3.8) is 0 Å². The fraction of sp³-hybridized carbons (Fsp3) is 0.474. The normalized spacial score (nSPS) is 17.9. The third-order valence-electron chi connectivity index (χ3n) is 4.37. The lowest BCUT2D eigenvalue weighted by molar-refractivity contribution is 0.343. The first-order chi connectivity index (χ1) is 9.36.